The second kappa shape index (κ2) is 11.0. The van der Waals surface area contributed by atoms with Crippen LogP contribution in [0.15, 0.2) is 67.3 Å². The third-order valence-electron chi connectivity index (χ3n) is 7.16. The number of benzene rings is 2. The number of anilines is 1. The molecule has 3 aromatic rings. The molecular formula is C28H34N4O3. The molecule has 2 aromatic carbocycles. The van der Waals surface area contributed by atoms with Gasteiger partial charge in [-0.2, -0.15) is 0 Å². The summed E-state index contributed by atoms with van der Waals surface area (Å²) in [5, 5.41) is 0. The summed E-state index contributed by atoms with van der Waals surface area (Å²) in [4.78, 5) is 21.6. The molecule has 5 rings (SSSR count). The molecule has 0 unspecified atom stereocenters. The standard InChI is InChI=1S/C28H34N4O3/c1-34-26-12-11-23(18-27(26)35-25-9-5-6-10-25)30-15-16-31(20-28(33)32-14-13-29-21-32)24(19-30)17-22-7-3-2-4-8-22/h2-4,7-8,11-14,18,21,24-25H,5-6,9-10,15-17,19-20H2,1H3/t24-/m0/s1. The molecule has 2 heterocycles. The van der Waals surface area contributed by atoms with E-state index in [-0.39, 0.29) is 18.1 Å². The average Bonchev–Trinajstić information content (AvgIpc) is 3.61. The molecule has 1 aliphatic heterocycles. The molecule has 0 radical (unpaired) electrons. The van der Waals surface area contributed by atoms with Gasteiger partial charge in [0, 0.05) is 49.8 Å². The third kappa shape index (κ3) is 5.68. The van der Waals surface area contributed by atoms with Crippen LogP contribution in [0.1, 0.15) is 36.0 Å². The quantitative estimate of drug-likeness (QED) is 0.486. The molecule has 0 N–H and O–H groups in total. The number of piperazine rings is 1. The van der Waals surface area contributed by atoms with Gasteiger partial charge in [-0.3, -0.25) is 14.3 Å². The van der Waals surface area contributed by atoms with E-state index in [0.717, 1.165) is 56.1 Å². The van der Waals surface area contributed by atoms with Gasteiger partial charge in [-0.15, -0.1) is 0 Å². The van der Waals surface area contributed by atoms with Crippen LogP contribution in [0.4, 0.5) is 5.69 Å². The van der Waals surface area contributed by atoms with Crippen LogP contribution in [0, 0.1) is 0 Å². The Kier molecular flexibility index (Phi) is 7.33. The van der Waals surface area contributed by atoms with Gasteiger partial charge in [0.25, 0.3) is 0 Å². The zero-order valence-electron chi connectivity index (χ0n) is 20.4. The molecule has 1 aromatic heterocycles. The minimum absolute atomic E-state index is 0.0470. The number of carbonyl (C=O) groups excluding carboxylic acids is 1. The maximum Gasteiger partial charge on any atom is 0.246 e. The number of rotatable bonds is 8. The number of hydrogen-bond donors (Lipinski definition) is 0. The first-order valence-electron chi connectivity index (χ1n) is 12.6. The summed E-state index contributed by atoms with van der Waals surface area (Å²) in [6, 6.07) is 17.0. The van der Waals surface area contributed by atoms with Crippen molar-refractivity contribution < 1.29 is 14.3 Å². The second-order valence-electron chi connectivity index (χ2n) is 9.48. The van der Waals surface area contributed by atoms with E-state index in [9.17, 15) is 4.79 Å². The fraction of sp³-hybridized carbons (Fsp3) is 0.429. The van der Waals surface area contributed by atoms with Crippen molar-refractivity contribution in [2.75, 3.05) is 38.2 Å². The minimum atomic E-state index is 0.0470. The van der Waals surface area contributed by atoms with E-state index in [1.807, 2.05) is 12.1 Å². The molecule has 1 saturated carbocycles. The highest BCUT2D eigenvalue weighted by molar-refractivity contribution is 5.80. The average molecular weight is 475 g/mol. The topological polar surface area (TPSA) is 59.8 Å². The molecule has 0 amide bonds. The number of nitrogens with zero attached hydrogens (tertiary/aromatic N) is 4. The first kappa shape index (κ1) is 23.4. The predicted octanol–water partition coefficient (Wildman–Crippen LogP) is 4.29. The van der Waals surface area contributed by atoms with E-state index in [4.69, 9.17) is 9.47 Å². The Labute approximate surface area is 207 Å². The normalized spacial score (nSPS) is 19.1. The summed E-state index contributed by atoms with van der Waals surface area (Å²) in [6.07, 6.45) is 10.8. The van der Waals surface area contributed by atoms with Crippen molar-refractivity contribution in [2.45, 2.75) is 44.2 Å². The van der Waals surface area contributed by atoms with Crippen molar-refractivity contribution in [3.05, 3.63) is 72.8 Å². The molecule has 2 fully saturated rings. The summed E-state index contributed by atoms with van der Waals surface area (Å²) >= 11 is 0. The molecule has 184 valence electrons. The number of carbonyl (C=O) groups is 1. The van der Waals surface area contributed by atoms with Crippen molar-refractivity contribution in [2.24, 2.45) is 0 Å². The Morgan fingerprint density at radius 2 is 1.89 bits per heavy atom. The van der Waals surface area contributed by atoms with Gasteiger partial charge in [-0.05, 0) is 49.8 Å². The number of imidazole rings is 1. The highest BCUT2D eigenvalue weighted by atomic mass is 16.5. The molecule has 7 heteroatoms. The van der Waals surface area contributed by atoms with Crippen molar-refractivity contribution in [3.8, 4) is 11.5 Å². The molecule has 2 aliphatic rings. The number of ether oxygens (including phenoxy) is 2. The Morgan fingerprint density at radius 3 is 2.63 bits per heavy atom. The zero-order chi connectivity index (χ0) is 24.0. The van der Waals surface area contributed by atoms with E-state index in [1.165, 1.54) is 18.4 Å². The summed E-state index contributed by atoms with van der Waals surface area (Å²) < 4.78 is 13.5. The maximum atomic E-state index is 12.8. The van der Waals surface area contributed by atoms with E-state index >= 15 is 0 Å². The second-order valence-corrected chi connectivity index (χ2v) is 9.48. The Balaban J connectivity index is 1.34. The van der Waals surface area contributed by atoms with E-state index < -0.39 is 0 Å². The monoisotopic (exact) mass is 474 g/mol. The number of hydrogen-bond acceptors (Lipinski definition) is 6. The van der Waals surface area contributed by atoms with Crippen LogP contribution >= 0.6 is 0 Å². The van der Waals surface area contributed by atoms with Gasteiger partial charge < -0.3 is 14.4 Å². The zero-order valence-corrected chi connectivity index (χ0v) is 20.4. The molecule has 0 spiro atoms. The fourth-order valence-electron chi connectivity index (χ4n) is 5.22. The van der Waals surface area contributed by atoms with E-state index in [1.54, 1.807) is 30.4 Å². The molecule has 1 atom stereocenters. The van der Waals surface area contributed by atoms with Crippen LogP contribution in [0.5, 0.6) is 11.5 Å². The summed E-state index contributed by atoms with van der Waals surface area (Å²) in [7, 11) is 1.70. The molecule has 1 saturated heterocycles. The minimum Gasteiger partial charge on any atom is -0.493 e. The van der Waals surface area contributed by atoms with Crippen molar-refractivity contribution >= 4 is 11.6 Å². The summed E-state index contributed by atoms with van der Waals surface area (Å²) in [6.45, 7) is 2.86. The molecule has 35 heavy (non-hydrogen) atoms. The van der Waals surface area contributed by atoms with Crippen LogP contribution in [0.2, 0.25) is 0 Å². The molecule has 0 bridgehead atoms. The highest BCUT2D eigenvalue weighted by Crippen LogP contribution is 2.35. The van der Waals surface area contributed by atoms with Gasteiger partial charge in [0.05, 0.1) is 19.8 Å². The van der Waals surface area contributed by atoms with Crippen molar-refractivity contribution in [3.63, 3.8) is 0 Å². The molecular weight excluding hydrogens is 440 g/mol. The van der Waals surface area contributed by atoms with Crippen LogP contribution in [-0.4, -0.2) is 65.8 Å². The molecule has 7 nitrogen and oxygen atoms in total. The largest absolute Gasteiger partial charge is 0.493 e. The lowest BCUT2D eigenvalue weighted by atomic mass is 10.0. The lowest BCUT2D eigenvalue weighted by molar-refractivity contribution is 0.0793. The first-order chi connectivity index (χ1) is 17.2. The molecule has 1 aliphatic carbocycles. The van der Waals surface area contributed by atoms with Gasteiger partial charge in [0.15, 0.2) is 11.5 Å². The van der Waals surface area contributed by atoms with Crippen LogP contribution in [-0.2, 0) is 6.42 Å². The van der Waals surface area contributed by atoms with Gasteiger partial charge in [0.2, 0.25) is 5.91 Å². The van der Waals surface area contributed by atoms with Gasteiger partial charge >= 0.3 is 0 Å². The van der Waals surface area contributed by atoms with E-state index in [0.29, 0.717) is 6.54 Å². The Hall–Kier alpha value is -3.32. The van der Waals surface area contributed by atoms with Gasteiger partial charge in [-0.1, -0.05) is 30.3 Å². The van der Waals surface area contributed by atoms with Crippen LogP contribution in [0.25, 0.3) is 0 Å². The lowest BCUT2D eigenvalue weighted by Gasteiger charge is -2.42. The lowest BCUT2D eigenvalue weighted by Crippen LogP contribution is -2.55. The predicted molar refractivity (Wildman–Crippen MR) is 136 cm³/mol. The number of aromatic nitrogens is 2. The maximum absolute atomic E-state index is 12.8. The Bertz CT molecular complexity index is 1100. The van der Waals surface area contributed by atoms with Crippen molar-refractivity contribution in [1.82, 2.24) is 14.5 Å². The van der Waals surface area contributed by atoms with Gasteiger partial charge in [-0.25, -0.2) is 4.98 Å². The fourth-order valence-corrected chi connectivity index (χ4v) is 5.22. The summed E-state index contributed by atoms with van der Waals surface area (Å²) in [5.41, 5.74) is 2.41. The van der Waals surface area contributed by atoms with Crippen LogP contribution in [0.3, 0.4) is 0 Å². The first-order valence-corrected chi connectivity index (χ1v) is 12.6. The van der Waals surface area contributed by atoms with Crippen molar-refractivity contribution in [1.29, 1.82) is 0 Å². The SMILES string of the molecule is COc1ccc(N2CCN(CC(=O)n3ccnc3)[C@@H](Cc3ccccc3)C2)cc1OC1CCCC1. The smallest absolute Gasteiger partial charge is 0.246 e. The Morgan fingerprint density at radius 1 is 1.06 bits per heavy atom. The third-order valence-corrected chi connectivity index (χ3v) is 7.16. The number of methoxy groups -OCH3 is 1. The highest BCUT2D eigenvalue weighted by Gasteiger charge is 2.30. The van der Waals surface area contributed by atoms with E-state index in [2.05, 4.69) is 51.2 Å². The van der Waals surface area contributed by atoms with Gasteiger partial charge in [0.1, 0.15) is 6.33 Å². The van der Waals surface area contributed by atoms with Crippen LogP contribution < -0.4 is 14.4 Å². The summed E-state index contributed by atoms with van der Waals surface area (Å²) in [5.74, 6) is 1.66.